The van der Waals surface area contributed by atoms with Crippen LogP contribution in [0.4, 0.5) is 4.39 Å². The Morgan fingerprint density at radius 2 is 1.91 bits per heavy atom. The zero-order chi connectivity index (χ0) is 25.4. The normalized spacial score (nSPS) is 23.7. The molecule has 2 heterocycles. The van der Waals surface area contributed by atoms with Gasteiger partial charge in [-0.15, -0.1) is 0 Å². The van der Waals surface area contributed by atoms with Crippen LogP contribution in [0.1, 0.15) is 51.5 Å². The highest BCUT2D eigenvalue weighted by atomic mass is 32.2. The van der Waals surface area contributed by atoms with Crippen LogP contribution in [0.5, 0.6) is 0 Å². The molecule has 2 aliphatic heterocycles. The average molecular weight is 510 g/mol. The van der Waals surface area contributed by atoms with Gasteiger partial charge in [-0.2, -0.15) is 4.31 Å². The van der Waals surface area contributed by atoms with Gasteiger partial charge < -0.3 is 10.2 Å². The highest BCUT2D eigenvalue weighted by molar-refractivity contribution is 7.88. The number of hydrogen-bond donors (Lipinski definition) is 1. The zero-order valence-electron chi connectivity index (χ0n) is 21.2. The van der Waals surface area contributed by atoms with Gasteiger partial charge in [-0.3, -0.25) is 14.7 Å². The predicted octanol–water partition coefficient (Wildman–Crippen LogP) is 2.46. The predicted molar refractivity (Wildman–Crippen MR) is 137 cm³/mol. The van der Waals surface area contributed by atoms with E-state index in [2.05, 4.69) is 27.0 Å². The first-order valence-corrected chi connectivity index (χ1v) is 14.5. The lowest BCUT2D eigenvalue weighted by molar-refractivity contribution is -0.126. The molecule has 3 atom stereocenters. The fourth-order valence-corrected chi connectivity index (χ4v) is 5.92. The van der Waals surface area contributed by atoms with E-state index in [1.54, 1.807) is 12.1 Å². The third kappa shape index (κ3) is 7.98. The molecule has 8 nitrogen and oxygen atoms in total. The lowest BCUT2D eigenvalue weighted by Gasteiger charge is -2.39. The van der Waals surface area contributed by atoms with Gasteiger partial charge >= 0.3 is 0 Å². The highest BCUT2D eigenvalue weighted by Gasteiger charge is 2.37. The van der Waals surface area contributed by atoms with Crippen LogP contribution in [0.3, 0.4) is 0 Å². The first-order chi connectivity index (χ1) is 16.7. The van der Waals surface area contributed by atoms with E-state index in [9.17, 15) is 17.6 Å². The van der Waals surface area contributed by atoms with Crippen LogP contribution < -0.4 is 5.32 Å². The number of carbonyl (C=O) groups is 1. The Kier molecular flexibility index (Phi) is 10.1. The summed E-state index contributed by atoms with van der Waals surface area (Å²) in [5.74, 6) is -0.507. The monoisotopic (exact) mass is 509 g/mol. The number of nitrogens with zero attached hydrogens (tertiary/aromatic N) is 4. The minimum atomic E-state index is -3.48. The quantitative estimate of drug-likeness (QED) is 0.438. The van der Waals surface area contributed by atoms with Crippen molar-refractivity contribution in [2.45, 2.75) is 70.6 Å². The Balaban J connectivity index is 1.54. The minimum Gasteiger partial charge on any atom is -0.355 e. The van der Waals surface area contributed by atoms with Crippen molar-refractivity contribution < 1.29 is 17.6 Å². The topological polar surface area (TPSA) is 85.3 Å². The van der Waals surface area contributed by atoms with E-state index in [1.807, 2.05) is 13.3 Å². The van der Waals surface area contributed by atoms with Crippen molar-refractivity contribution in [1.29, 1.82) is 0 Å². The second-order valence-electron chi connectivity index (χ2n) is 9.70. The molecule has 2 aliphatic rings. The molecule has 196 valence electrons. The van der Waals surface area contributed by atoms with Crippen LogP contribution in [-0.4, -0.2) is 91.9 Å². The number of rotatable bonds is 12. The second-order valence-corrected chi connectivity index (χ2v) is 11.6. The molecular formula is C25H40FN5O3S. The molecule has 1 aromatic carbocycles. The SMILES string of the molecule is CCCCCCN1CCN(S(C)(=O)=O)C(C(=O)NCCC2[C@@H](C)N=CN2Cc2ccc(F)cc2)C1. The molecule has 0 radical (unpaired) electrons. The lowest BCUT2D eigenvalue weighted by atomic mass is 10.1. The second kappa shape index (κ2) is 12.8. The lowest BCUT2D eigenvalue weighted by Crippen LogP contribution is -2.60. The zero-order valence-corrected chi connectivity index (χ0v) is 22.0. The van der Waals surface area contributed by atoms with Crippen molar-refractivity contribution in [2.24, 2.45) is 4.99 Å². The molecule has 0 aliphatic carbocycles. The fraction of sp³-hybridized carbons (Fsp3) is 0.680. The summed E-state index contributed by atoms with van der Waals surface area (Å²) in [5.41, 5.74) is 0.992. The Labute approximate surface area is 209 Å². The number of halogens is 1. The molecule has 0 saturated carbocycles. The maximum atomic E-state index is 13.2. The van der Waals surface area contributed by atoms with Gasteiger partial charge in [-0.25, -0.2) is 12.8 Å². The molecule has 0 spiro atoms. The highest BCUT2D eigenvalue weighted by Crippen LogP contribution is 2.20. The summed E-state index contributed by atoms with van der Waals surface area (Å²) < 4.78 is 39.3. The maximum Gasteiger partial charge on any atom is 0.239 e. The summed E-state index contributed by atoms with van der Waals surface area (Å²) >= 11 is 0. The Morgan fingerprint density at radius 1 is 1.17 bits per heavy atom. The summed E-state index contributed by atoms with van der Waals surface area (Å²) in [6.07, 6.45) is 8.24. The maximum absolute atomic E-state index is 13.2. The van der Waals surface area contributed by atoms with Crippen LogP contribution in [-0.2, 0) is 21.4 Å². The summed E-state index contributed by atoms with van der Waals surface area (Å²) in [4.78, 5) is 22.0. The van der Waals surface area contributed by atoms with E-state index in [0.717, 1.165) is 24.9 Å². The number of benzene rings is 1. The van der Waals surface area contributed by atoms with Crippen LogP contribution in [0.25, 0.3) is 0 Å². The molecular weight excluding hydrogens is 469 g/mol. The summed E-state index contributed by atoms with van der Waals surface area (Å²) in [7, 11) is -3.48. The molecule has 2 unspecified atom stereocenters. The number of carbonyl (C=O) groups excluding carboxylic acids is 1. The molecule has 0 bridgehead atoms. The van der Waals surface area contributed by atoms with E-state index < -0.39 is 16.1 Å². The van der Waals surface area contributed by atoms with E-state index >= 15 is 0 Å². The van der Waals surface area contributed by atoms with E-state index in [0.29, 0.717) is 39.1 Å². The summed E-state index contributed by atoms with van der Waals surface area (Å²) in [5, 5.41) is 2.99. The van der Waals surface area contributed by atoms with Crippen molar-refractivity contribution >= 4 is 22.3 Å². The van der Waals surface area contributed by atoms with E-state index in [1.165, 1.54) is 35.5 Å². The number of piperazine rings is 1. The molecule has 3 rings (SSSR count). The largest absolute Gasteiger partial charge is 0.355 e. The van der Waals surface area contributed by atoms with Crippen molar-refractivity contribution in [1.82, 2.24) is 19.4 Å². The van der Waals surface area contributed by atoms with Gasteiger partial charge in [0.2, 0.25) is 15.9 Å². The van der Waals surface area contributed by atoms with Gasteiger partial charge in [0.25, 0.3) is 0 Å². The third-order valence-electron chi connectivity index (χ3n) is 6.92. The number of nitrogens with one attached hydrogen (secondary N) is 1. The molecule has 1 N–H and O–H groups in total. The number of aliphatic imine (C=N–C) groups is 1. The summed E-state index contributed by atoms with van der Waals surface area (Å²) in [6.45, 7) is 7.55. The molecule has 35 heavy (non-hydrogen) atoms. The number of amides is 1. The Morgan fingerprint density at radius 3 is 2.60 bits per heavy atom. The van der Waals surface area contributed by atoms with Gasteiger partial charge in [0.05, 0.1) is 24.7 Å². The Bertz CT molecular complexity index is 956. The molecule has 1 saturated heterocycles. The average Bonchev–Trinajstić information content (AvgIpc) is 3.16. The van der Waals surface area contributed by atoms with Crippen molar-refractivity contribution in [3.8, 4) is 0 Å². The molecule has 1 aromatic rings. The van der Waals surface area contributed by atoms with Crippen LogP contribution in [0.15, 0.2) is 29.3 Å². The molecule has 0 aromatic heterocycles. The van der Waals surface area contributed by atoms with Gasteiger partial charge in [-0.05, 0) is 44.0 Å². The van der Waals surface area contributed by atoms with Crippen molar-refractivity contribution in [2.75, 3.05) is 39.0 Å². The Hall–Kier alpha value is -2.04. The number of hydrogen-bond acceptors (Lipinski definition) is 6. The van der Waals surface area contributed by atoms with E-state index in [4.69, 9.17) is 0 Å². The first-order valence-electron chi connectivity index (χ1n) is 12.7. The molecule has 1 amide bonds. The van der Waals surface area contributed by atoms with Crippen LogP contribution in [0.2, 0.25) is 0 Å². The van der Waals surface area contributed by atoms with E-state index in [-0.39, 0.29) is 23.8 Å². The third-order valence-corrected chi connectivity index (χ3v) is 8.21. The minimum absolute atomic E-state index is 0.0770. The smallest absolute Gasteiger partial charge is 0.239 e. The fourth-order valence-electron chi connectivity index (χ4n) is 4.88. The van der Waals surface area contributed by atoms with Crippen LogP contribution in [0, 0.1) is 5.82 Å². The van der Waals surface area contributed by atoms with Crippen LogP contribution >= 0.6 is 0 Å². The molecule has 1 fully saturated rings. The number of sulfonamides is 1. The van der Waals surface area contributed by atoms with Crippen molar-refractivity contribution in [3.05, 3.63) is 35.6 Å². The standard InChI is InChI=1S/C25H40FN5O3S/c1-4-5-6-7-14-29-15-16-31(35(3,33)34)24(18-29)25(32)27-13-12-23-20(2)28-19-30(23)17-21-8-10-22(26)11-9-21/h8-11,19-20,23-24H,4-7,12-18H2,1-3H3,(H,27,32)/t20-,23?,24?/m1/s1. The van der Waals surface area contributed by atoms with Gasteiger partial charge in [0.1, 0.15) is 11.9 Å². The first kappa shape index (κ1) is 27.5. The van der Waals surface area contributed by atoms with Gasteiger partial charge in [0.15, 0.2) is 0 Å². The number of unbranched alkanes of at least 4 members (excludes halogenated alkanes) is 3. The molecule has 10 heteroatoms. The van der Waals surface area contributed by atoms with Gasteiger partial charge in [0, 0.05) is 32.7 Å². The van der Waals surface area contributed by atoms with Gasteiger partial charge in [-0.1, -0.05) is 38.3 Å². The summed E-state index contributed by atoms with van der Waals surface area (Å²) in [6, 6.07) is 5.90. The van der Waals surface area contributed by atoms with Crippen molar-refractivity contribution in [3.63, 3.8) is 0 Å².